The van der Waals surface area contributed by atoms with Gasteiger partial charge in [-0.2, -0.15) is 0 Å². The molecule has 0 amide bonds. The third-order valence-electron chi connectivity index (χ3n) is 6.67. The number of fused-ring (bicyclic) bond motifs is 6. The fourth-order valence-corrected chi connectivity index (χ4v) is 5.14. The lowest BCUT2D eigenvalue weighted by Gasteiger charge is -2.29. The van der Waals surface area contributed by atoms with Crippen LogP contribution in [0.25, 0.3) is 10.9 Å². The molecule has 3 N–H and O–H groups in total. The van der Waals surface area contributed by atoms with Crippen molar-refractivity contribution < 1.29 is 13.9 Å². The van der Waals surface area contributed by atoms with Crippen LogP contribution in [0.1, 0.15) is 23.2 Å². The van der Waals surface area contributed by atoms with Crippen molar-refractivity contribution in [1.82, 2.24) is 10.3 Å². The number of benzene rings is 2. The molecule has 0 saturated carbocycles. The lowest BCUT2D eigenvalue weighted by atomic mass is 9.86. The number of ether oxygens (including phenoxy) is 2. The van der Waals surface area contributed by atoms with Gasteiger partial charge in [0, 0.05) is 29.7 Å². The van der Waals surface area contributed by atoms with Crippen LogP contribution in [-0.4, -0.2) is 37.3 Å². The van der Waals surface area contributed by atoms with E-state index in [9.17, 15) is 4.39 Å². The molecule has 2 atom stereocenters. The van der Waals surface area contributed by atoms with Crippen molar-refractivity contribution in [1.29, 1.82) is 0 Å². The van der Waals surface area contributed by atoms with Gasteiger partial charge in [0.25, 0.3) is 0 Å². The van der Waals surface area contributed by atoms with E-state index in [1.54, 1.807) is 6.07 Å². The monoisotopic (exact) mass is 407 g/mol. The molecule has 3 aliphatic rings. The Morgan fingerprint density at radius 3 is 3.07 bits per heavy atom. The molecule has 0 spiro atoms. The number of nitrogens with one attached hydrogen (secondary N) is 3. The van der Waals surface area contributed by atoms with E-state index in [1.165, 1.54) is 22.9 Å². The first-order chi connectivity index (χ1) is 14.7. The first kappa shape index (κ1) is 18.1. The number of aromatic amines is 1. The van der Waals surface area contributed by atoms with Crippen molar-refractivity contribution in [2.24, 2.45) is 5.92 Å². The summed E-state index contributed by atoms with van der Waals surface area (Å²) in [6.07, 6.45) is 4.19. The van der Waals surface area contributed by atoms with Crippen LogP contribution in [0, 0.1) is 11.7 Å². The van der Waals surface area contributed by atoms with Crippen molar-refractivity contribution in [3.63, 3.8) is 0 Å². The summed E-state index contributed by atoms with van der Waals surface area (Å²) in [5.74, 6) is 2.08. The van der Waals surface area contributed by atoms with E-state index >= 15 is 0 Å². The number of H-pyrrole nitrogens is 1. The van der Waals surface area contributed by atoms with Crippen LogP contribution >= 0.6 is 0 Å². The third-order valence-corrected chi connectivity index (χ3v) is 6.67. The Hall–Kier alpha value is -2.73. The predicted octanol–water partition coefficient (Wildman–Crippen LogP) is 3.81. The average Bonchev–Trinajstić information content (AvgIpc) is 3.38. The van der Waals surface area contributed by atoms with Crippen molar-refractivity contribution >= 4 is 16.6 Å². The Morgan fingerprint density at radius 2 is 2.10 bits per heavy atom. The molecule has 0 radical (unpaired) electrons. The summed E-state index contributed by atoms with van der Waals surface area (Å²) in [6, 6.07) is 9.21. The molecule has 5 nitrogen and oxygen atoms in total. The molecule has 3 aromatic rings. The highest BCUT2D eigenvalue weighted by atomic mass is 19.1. The standard InChI is InChI=1S/C24H26FN3O2/c25-16-3-5-21-19(10-16)18-9-14(1-4-20(18)28-21)11-26-12-17-13-29-24-22(30-17)6-2-15-7-8-27-23(15)24/h2-3,5-6,10,14,17,26-28H,1,4,7-9,11-13H2/t14-,17-/m0/s1. The van der Waals surface area contributed by atoms with Crippen LogP contribution in [0.15, 0.2) is 30.3 Å². The second kappa shape index (κ2) is 7.20. The zero-order valence-electron chi connectivity index (χ0n) is 16.9. The molecule has 1 aliphatic carbocycles. The smallest absolute Gasteiger partial charge is 0.184 e. The van der Waals surface area contributed by atoms with Crippen LogP contribution in [0.4, 0.5) is 10.1 Å². The minimum Gasteiger partial charge on any atom is -0.484 e. The zero-order valence-corrected chi connectivity index (χ0v) is 16.9. The van der Waals surface area contributed by atoms with Gasteiger partial charge in [-0.3, -0.25) is 0 Å². The maximum atomic E-state index is 13.7. The molecule has 30 heavy (non-hydrogen) atoms. The largest absolute Gasteiger partial charge is 0.484 e. The number of hydrogen-bond donors (Lipinski definition) is 3. The maximum Gasteiger partial charge on any atom is 0.184 e. The first-order valence-electron chi connectivity index (χ1n) is 10.9. The quantitative estimate of drug-likeness (QED) is 0.616. The fraction of sp³-hybridized carbons (Fsp3) is 0.417. The highest BCUT2D eigenvalue weighted by Gasteiger charge is 2.27. The van der Waals surface area contributed by atoms with Gasteiger partial charge in [0.1, 0.15) is 18.5 Å². The normalized spacial score (nSPS) is 21.9. The molecule has 6 rings (SSSR count). The molecule has 0 fully saturated rings. The van der Waals surface area contributed by atoms with E-state index in [2.05, 4.69) is 21.7 Å². The first-order valence-corrected chi connectivity index (χ1v) is 10.9. The molecule has 6 heteroatoms. The number of aryl methyl sites for hydroxylation is 1. The van der Waals surface area contributed by atoms with Gasteiger partial charge in [-0.15, -0.1) is 0 Å². The summed E-state index contributed by atoms with van der Waals surface area (Å²) >= 11 is 0. The van der Waals surface area contributed by atoms with Gasteiger partial charge in [0.05, 0.1) is 5.69 Å². The number of hydrogen-bond acceptors (Lipinski definition) is 4. The van der Waals surface area contributed by atoms with Gasteiger partial charge in [0.15, 0.2) is 11.5 Å². The average molecular weight is 407 g/mol. The third kappa shape index (κ3) is 3.10. The SMILES string of the molecule is Fc1ccc2[nH]c3c(c2c1)C[C@@H](CNC[C@H]1COc2c(ccc4c2NCC4)O1)CC3. The van der Waals surface area contributed by atoms with E-state index in [1.807, 2.05) is 12.1 Å². The van der Waals surface area contributed by atoms with Gasteiger partial charge in [0.2, 0.25) is 0 Å². The Morgan fingerprint density at radius 1 is 1.13 bits per heavy atom. The van der Waals surface area contributed by atoms with Crippen molar-refractivity contribution in [3.05, 3.63) is 53.0 Å². The van der Waals surface area contributed by atoms with E-state index in [0.29, 0.717) is 12.5 Å². The van der Waals surface area contributed by atoms with Gasteiger partial charge in [-0.1, -0.05) is 6.07 Å². The Balaban J connectivity index is 1.07. The Kier molecular flexibility index (Phi) is 4.34. The summed E-state index contributed by atoms with van der Waals surface area (Å²) in [5.41, 5.74) is 6.01. The van der Waals surface area contributed by atoms with Gasteiger partial charge < -0.3 is 25.1 Å². The zero-order chi connectivity index (χ0) is 20.1. The van der Waals surface area contributed by atoms with Crippen LogP contribution in [-0.2, 0) is 19.3 Å². The van der Waals surface area contributed by atoms with Crippen LogP contribution in [0.3, 0.4) is 0 Å². The van der Waals surface area contributed by atoms with Crippen molar-refractivity contribution in [2.45, 2.75) is 31.8 Å². The molecule has 1 aromatic heterocycles. The summed E-state index contributed by atoms with van der Waals surface area (Å²) in [7, 11) is 0. The molecule has 2 aliphatic heterocycles. The molecule has 156 valence electrons. The molecular formula is C24H26FN3O2. The lowest BCUT2D eigenvalue weighted by Crippen LogP contribution is -2.40. The minimum atomic E-state index is -0.167. The molecule has 0 bridgehead atoms. The van der Waals surface area contributed by atoms with Gasteiger partial charge in [-0.05, 0) is 73.5 Å². The minimum absolute atomic E-state index is 0.0123. The van der Waals surface area contributed by atoms with E-state index in [4.69, 9.17) is 9.47 Å². The van der Waals surface area contributed by atoms with Crippen LogP contribution in [0.5, 0.6) is 11.5 Å². The molecule has 3 heterocycles. The number of halogens is 1. The van der Waals surface area contributed by atoms with E-state index < -0.39 is 0 Å². The fourth-order valence-electron chi connectivity index (χ4n) is 5.14. The summed E-state index contributed by atoms with van der Waals surface area (Å²) < 4.78 is 25.9. The number of rotatable bonds is 4. The Labute approximate surface area is 175 Å². The number of anilines is 1. The second-order valence-electron chi connectivity index (χ2n) is 8.69. The Bertz CT molecular complexity index is 1110. The lowest BCUT2D eigenvalue weighted by molar-refractivity contribution is 0.0902. The predicted molar refractivity (Wildman–Crippen MR) is 115 cm³/mol. The van der Waals surface area contributed by atoms with E-state index in [0.717, 1.165) is 73.4 Å². The summed E-state index contributed by atoms with van der Waals surface area (Å²) in [4.78, 5) is 3.47. The highest BCUT2D eigenvalue weighted by molar-refractivity contribution is 5.85. The molecular weight excluding hydrogens is 381 g/mol. The second-order valence-corrected chi connectivity index (χ2v) is 8.69. The molecule has 0 unspecified atom stereocenters. The van der Waals surface area contributed by atoms with Crippen LogP contribution in [0.2, 0.25) is 0 Å². The van der Waals surface area contributed by atoms with E-state index in [-0.39, 0.29) is 11.9 Å². The van der Waals surface area contributed by atoms with Gasteiger partial charge >= 0.3 is 0 Å². The molecule has 2 aromatic carbocycles. The topological polar surface area (TPSA) is 58.3 Å². The van der Waals surface area contributed by atoms with Gasteiger partial charge in [-0.25, -0.2) is 4.39 Å². The summed E-state index contributed by atoms with van der Waals surface area (Å²) in [6.45, 7) is 3.22. The maximum absolute atomic E-state index is 13.7. The van der Waals surface area contributed by atoms with Crippen molar-refractivity contribution in [3.8, 4) is 11.5 Å². The molecule has 0 saturated heterocycles. The summed E-state index contributed by atoms with van der Waals surface area (Å²) in [5, 5.41) is 8.03. The van der Waals surface area contributed by atoms with Crippen molar-refractivity contribution in [2.75, 3.05) is 31.6 Å². The van der Waals surface area contributed by atoms with Crippen LogP contribution < -0.4 is 20.1 Å². The number of aromatic nitrogens is 1. The highest BCUT2D eigenvalue weighted by Crippen LogP contribution is 2.43.